The van der Waals surface area contributed by atoms with Crippen LogP contribution in [-0.2, 0) is 4.79 Å². The summed E-state index contributed by atoms with van der Waals surface area (Å²) in [6.45, 7) is 2.83. The first-order chi connectivity index (χ1) is 4.72. The molecule has 1 heterocycles. The number of hydrogen-bond acceptors (Lipinski definition) is 2. The van der Waals surface area contributed by atoms with Gasteiger partial charge in [0.05, 0.1) is 0 Å². The fourth-order valence-electron chi connectivity index (χ4n) is 1.38. The predicted molar refractivity (Wildman–Crippen MR) is 37.8 cm³/mol. The van der Waals surface area contributed by atoms with E-state index in [0.717, 1.165) is 19.4 Å². The highest BCUT2D eigenvalue weighted by atomic mass is 16.4. The first-order valence-corrected chi connectivity index (χ1v) is 3.68. The highest BCUT2D eigenvalue weighted by Gasteiger charge is 2.26. The van der Waals surface area contributed by atoms with Gasteiger partial charge in [0.15, 0.2) is 0 Å². The van der Waals surface area contributed by atoms with Crippen molar-refractivity contribution in [2.24, 2.45) is 5.92 Å². The van der Waals surface area contributed by atoms with Gasteiger partial charge in [-0.15, -0.1) is 0 Å². The third-order valence-electron chi connectivity index (χ3n) is 2.04. The van der Waals surface area contributed by atoms with Crippen molar-refractivity contribution in [1.82, 2.24) is 5.32 Å². The zero-order valence-corrected chi connectivity index (χ0v) is 6.13. The van der Waals surface area contributed by atoms with Crippen molar-refractivity contribution in [3.8, 4) is 0 Å². The lowest BCUT2D eigenvalue weighted by molar-refractivity contribution is -0.141. The second-order valence-electron chi connectivity index (χ2n) is 2.89. The largest absolute Gasteiger partial charge is 0.480 e. The van der Waals surface area contributed by atoms with Gasteiger partial charge in [-0.2, -0.15) is 0 Å². The van der Waals surface area contributed by atoms with Crippen molar-refractivity contribution in [2.45, 2.75) is 25.8 Å². The molecule has 0 aromatic heterocycles. The topological polar surface area (TPSA) is 49.3 Å². The molecule has 1 aliphatic rings. The number of carbonyl (C=O) groups is 1. The van der Waals surface area contributed by atoms with Gasteiger partial charge in [0.2, 0.25) is 0 Å². The summed E-state index contributed by atoms with van der Waals surface area (Å²) in [5, 5.41) is 11.6. The Balaban J connectivity index is 2.47. The fourth-order valence-corrected chi connectivity index (χ4v) is 1.38. The first-order valence-electron chi connectivity index (χ1n) is 3.68. The van der Waals surface area contributed by atoms with Gasteiger partial charge in [0.25, 0.3) is 0 Å². The third-order valence-corrected chi connectivity index (χ3v) is 2.04. The zero-order valence-electron chi connectivity index (χ0n) is 6.13. The number of carboxylic acid groups (broad SMARTS) is 1. The van der Waals surface area contributed by atoms with Crippen molar-refractivity contribution < 1.29 is 9.90 Å². The minimum atomic E-state index is -0.716. The normalized spacial score (nSPS) is 33.7. The maximum atomic E-state index is 10.5. The first kappa shape index (κ1) is 7.54. The Hall–Kier alpha value is -0.570. The number of aliphatic carboxylic acids is 1. The molecule has 0 bridgehead atoms. The van der Waals surface area contributed by atoms with Gasteiger partial charge in [-0.1, -0.05) is 6.92 Å². The van der Waals surface area contributed by atoms with Crippen molar-refractivity contribution in [3.63, 3.8) is 0 Å². The molecular weight excluding hydrogens is 130 g/mol. The molecule has 3 heteroatoms. The summed E-state index contributed by atoms with van der Waals surface area (Å²) in [6, 6.07) is -0.311. The molecule has 0 radical (unpaired) electrons. The molecule has 1 aliphatic heterocycles. The number of piperidine rings is 1. The summed E-state index contributed by atoms with van der Waals surface area (Å²) in [5.74, 6) is -0.432. The van der Waals surface area contributed by atoms with Gasteiger partial charge >= 0.3 is 5.97 Å². The molecule has 0 amide bonds. The van der Waals surface area contributed by atoms with Crippen molar-refractivity contribution in [3.05, 3.63) is 0 Å². The Kier molecular flexibility index (Phi) is 2.27. The Bertz CT molecular complexity index is 136. The lowest BCUT2D eigenvalue weighted by Crippen LogP contribution is -2.45. The summed E-state index contributed by atoms with van der Waals surface area (Å²) in [7, 11) is 0. The molecule has 2 N–H and O–H groups in total. The lowest BCUT2D eigenvalue weighted by atomic mass is 9.93. The van der Waals surface area contributed by atoms with Crippen LogP contribution in [0.15, 0.2) is 0 Å². The molecule has 1 fully saturated rings. The molecule has 10 heavy (non-hydrogen) atoms. The Labute approximate surface area is 60.4 Å². The highest BCUT2D eigenvalue weighted by molar-refractivity contribution is 5.73. The van der Waals surface area contributed by atoms with Crippen LogP contribution in [0.3, 0.4) is 0 Å². The second kappa shape index (κ2) is 3.01. The maximum absolute atomic E-state index is 10.5. The Morgan fingerprint density at radius 1 is 1.70 bits per heavy atom. The Morgan fingerprint density at radius 3 is 2.80 bits per heavy atom. The summed E-state index contributed by atoms with van der Waals surface area (Å²) < 4.78 is 0. The smallest absolute Gasteiger partial charge is 0.320 e. The monoisotopic (exact) mass is 143 g/mol. The lowest BCUT2D eigenvalue weighted by Gasteiger charge is -2.26. The summed E-state index contributed by atoms with van der Waals surface area (Å²) >= 11 is 0. The van der Waals surface area contributed by atoms with Gasteiger partial charge in [-0.25, -0.2) is 0 Å². The summed E-state index contributed by atoms with van der Waals surface area (Å²) in [6.07, 6.45) is 2.13. The van der Waals surface area contributed by atoms with Gasteiger partial charge in [0, 0.05) is 0 Å². The Morgan fingerprint density at radius 2 is 2.40 bits per heavy atom. The molecule has 0 spiro atoms. The van der Waals surface area contributed by atoms with Crippen LogP contribution < -0.4 is 5.32 Å². The van der Waals surface area contributed by atoms with Crippen molar-refractivity contribution >= 4 is 5.97 Å². The highest BCUT2D eigenvalue weighted by Crippen LogP contribution is 2.14. The van der Waals surface area contributed by atoms with Crippen LogP contribution in [0.25, 0.3) is 0 Å². The van der Waals surface area contributed by atoms with E-state index in [4.69, 9.17) is 5.11 Å². The molecule has 1 rings (SSSR count). The molecule has 1 saturated heterocycles. The molecule has 1 unspecified atom stereocenters. The molecular formula is C7H13NO2. The summed E-state index contributed by atoms with van der Waals surface area (Å²) in [5.41, 5.74) is 0. The van der Waals surface area contributed by atoms with Crippen LogP contribution in [0.1, 0.15) is 19.8 Å². The van der Waals surface area contributed by atoms with Gasteiger partial charge in [-0.05, 0) is 25.3 Å². The maximum Gasteiger partial charge on any atom is 0.320 e. The molecule has 0 saturated carbocycles. The number of rotatable bonds is 1. The molecule has 0 aliphatic carbocycles. The average molecular weight is 143 g/mol. The van der Waals surface area contributed by atoms with E-state index in [2.05, 4.69) is 5.32 Å². The predicted octanol–water partition coefficient (Wildman–Crippen LogP) is 0.459. The van der Waals surface area contributed by atoms with Crippen LogP contribution in [-0.4, -0.2) is 23.7 Å². The van der Waals surface area contributed by atoms with Crippen molar-refractivity contribution in [1.29, 1.82) is 0 Å². The molecule has 2 atom stereocenters. The molecule has 3 nitrogen and oxygen atoms in total. The SMILES string of the molecule is CC1CCCN[C@H]1C(=O)O. The standard InChI is InChI=1S/C7H13NO2/c1-5-3-2-4-8-6(5)7(9)10/h5-6,8H,2-4H2,1H3,(H,9,10)/t5?,6-/m1/s1. The van der Waals surface area contributed by atoms with E-state index >= 15 is 0 Å². The van der Waals surface area contributed by atoms with Crippen LogP contribution in [0.5, 0.6) is 0 Å². The van der Waals surface area contributed by atoms with E-state index in [-0.39, 0.29) is 12.0 Å². The number of hydrogen-bond donors (Lipinski definition) is 2. The van der Waals surface area contributed by atoms with E-state index in [0.29, 0.717) is 0 Å². The molecule has 58 valence electrons. The average Bonchev–Trinajstić information content (AvgIpc) is 1.88. The van der Waals surface area contributed by atoms with E-state index in [1.54, 1.807) is 0 Å². The van der Waals surface area contributed by atoms with Crippen molar-refractivity contribution in [2.75, 3.05) is 6.54 Å². The van der Waals surface area contributed by atoms with Crippen LogP contribution in [0.4, 0.5) is 0 Å². The van der Waals surface area contributed by atoms with Gasteiger partial charge < -0.3 is 10.4 Å². The zero-order chi connectivity index (χ0) is 7.56. The minimum absolute atomic E-state index is 0.284. The van der Waals surface area contributed by atoms with E-state index in [1.807, 2.05) is 6.92 Å². The van der Waals surface area contributed by atoms with Crippen LogP contribution in [0.2, 0.25) is 0 Å². The van der Waals surface area contributed by atoms with Crippen LogP contribution in [0, 0.1) is 5.92 Å². The quantitative estimate of drug-likeness (QED) is 0.560. The number of nitrogens with one attached hydrogen (secondary N) is 1. The molecule has 0 aromatic rings. The molecule has 0 aromatic carbocycles. The van der Waals surface area contributed by atoms with Crippen LogP contribution >= 0.6 is 0 Å². The number of carboxylic acids is 1. The summed E-state index contributed by atoms with van der Waals surface area (Å²) in [4.78, 5) is 10.5. The third kappa shape index (κ3) is 1.48. The van der Waals surface area contributed by atoms with Gasteiger partial charge in [-0.3, -0.25) is 4.79 Å². The van der Waals surface area contributed by atoms with Gasteiger partial charge in [0.1, 0.15) is 6.04 Å². The minimum Gasteiger partial charge on any atom is -0.480 e. The van der Waals surface area contributed by atoms with E-state index in [9.17, 15) is 4.79 Å². The van der Waals surface area contributed by atoms with E-state index in [1.165, 1.54) is 0 Å². The van der Waals surface area contributed by atoms with E-state index < -0.39 is 5.97 Å². The fraction of sp³-hybridized carbons (Fsp3) is 0.857. The second-order valence-corrected chi connectivity index (χ2v) is 2.89.